The van der Waals surface area contributed by atoms with E-state index in [1.54, 1.807) is 0 Å². The average molecular weight is 268 g/mol. The summed E-state index contributed by atoms with van der Waals surface area (Å²) in [5, 5.41) is 2.96. The molecule has 0 aliphatic carbocycles. The minimum absolute atomic E-state index is 0.0582. The predicted molar refractivity (Wildman–Crippen MR) is 81.1 cm³/mol. The molecule has 0 fully saturated rings. The molecule has 1 unspecified atom stereocenters. The number of nitrogens with one attached hydrogen (secondary N) is 1. The van der Waals surface area contributed by atoms with E-state index < -0.39 is 6.04 Å². The Kier molecular flexibility index (Phi) is 4.53. The van der Waals surface area contributed by atoms with Crippen molar-refractivity contribution in [1.29, 1.82) is 0 Å². The van der Waals surface area contributed by atoms with E-state index in [4.69, 9.17) is 5.73 Å². The first-order valence-corrected chi connectivity index (χ1v) is 6.75. The fraction of sp³-hybridized carbons (Fsp3) is 0.235. The summed E-state index contributed by atoms with van der Waals surface area (Å²) in [5.74, 6) is -0.162. The van der Waals surface area contributed by atoms with Gasteiger partial charge in [0.1, 0.15) is 6.04 Å². The highest BCUT2D eigenvalue weighted by Crippen LogP contribution is 2.16. The maximum atomic E-state index is 12.2. The van der Waals surface area contributed by atoms with Crippen molar-refractivity contribution in [3.8, 4) is 0 Å². The number of amides is 1. The fourth-order valence-corrected chi connectivity index (χ4v) is 2.14. The molecular weight excluding hydrogens is 248 g/mol. The van der Waals surface area contributed by atoms with Crippen molar-refractivity contribution in [2.75, 3.05) is 0 Å². The van der Waals surface area contributed by atoms with Gasteiger partial charge >= 0.3 is 0 Å². The minimum Gasteiger partial charge on any atom is -0.348 e. The zero-order valence-electron chi connectivity index (χ0n) is 11.8. The Morgan fingerprint density at radius 1 is 1.05 bits per heavy atom. The molecule has 3 heteroatoms. The Morgan fingerprint density at radius 2 is 1.70 bits per heavy atom. The molecule has 2 atom stereocenters. The molecule has 0 aromatic heterocycles. The van der Waals surface area contributed by atoms with Gasteiger partial charge < -0.3 is 11.1 Å². The van der Waals surface area contributed by atoms with E-state index in [2.05, 4.69) is 11.4 Å². The molecule has 0 saturated carbocycles. The van der Waals surface area contributed by atoms with Crippen molar-refractivity contribution in [3.63, 3.8) is 0 Å². The van der Waals surface area contributed by atoms with Crippen LogP contribution in [0.15, 0.2) is 54.6 Å². The second-order valence-electron chi connectivity index (χ2n) is 5.03. The lowest BCUT2D eigenvalue weighted by molar-refractivity contribution is -0.123. The third-order valence-electron chi connectivity index (χ3n) is 3.34. The van der Waals surface area contributed by atoms with Crippen LogP contribution in [0.1, 0.15) is 35.7 Å². The van der Waals surface area contributed by atoms with E-state index >= 15 is 0 Å². The van der Waals surface area contributed by atoms with E-state index in [1.807, 2.05) is 62.4 Å². The maximum Gasteiger partial charge on any atom is 0.241 e. The minimum atomic E-state index is -0.636. The molecule has 2 aromatic rings. The van der Waals surface area contributed by atoms with E-state index in [9.17, 15) is 4.79 Å². The van der Waals surface area contributed by atoms with Crippen molar-refractivity contribution in [1.82, 2.24) is 5.32 Å². The molecule has 0 spiro atoms. The highest BCUT2D eigenvalue weighted by atomic mass is 16.2. The van der Waals surface area contributed by atoms with E-state index in [0.29, 0.717) is 0 Å². The van der Waals surface area contributed by atoms with Gasteiger partial charge in [0.2, 0.25) is 5.91 Å². The maximum absolute atomic E-state index is 12.2. The Bertz CT molecular complexity index is 581. The highest BCUT2D eigenvalue weighted by Gasteiger charge is 2.18. The molecular formula is C17H20N2O. The number of nitrogens with two attached hydrogens (primary N) is 1. The van der Waals surface area contributed by atoms with Crippen LogP contribution in [0.4, 0.5) is 0 Å². The molecule has 2 rings (SSSR count). The van der Waals surface area contributed by atoms with Crippen LogP contribution in [-0.4, -0.2) is 5.91 Å². The zero-order valence-corrected chi connectivity index (χ0v) is 11.8. The van der Waals surface area contributed by atoms with Crippen LogP contribution in [0, 0.1) is 6.92 Å². The smallest absolute Gasteiger partial charge is 0.241 e. The third kappa shape index (κ3) is 3.45. The van der Waals surface area contributed by atoms with Gasteiger partial charge in [-0.1, -0.05) is 60.2 Å². The van der Waals surface area contributed by atoms with E-state index in [0.717, 1.165) is 11.1 Å². The summed E-state index contributed by atoms with van der Waals surface area (Å²) in [7, 11) is 0. The van der Waals surface area contributed by atoms with Gasteiger partial charge in [-0.3, -0.25) is 4.79 Å². The topological polar surface area (TPSA) is 55.1 Å². The summed E-state index contributed by atoms with van der Waals surface area (Å²) in [6.45, 7) is 4.00. The number of hydrogen-bond acceptors (Lipinski definition) is 2. The van der Waals surface area contributed by atoms with Gasteiger partial charge in [0.05, 0.1) is 6.04 Å². The normalized spacial score (nSPS) is 13.6. The number of hydrogen-bond donors (Lipinski definition) is 2. The van der Waals surface area contributed by atoms with Crippen LogP contribution in [0.5, 0.6) is 0 Å². The molecule has 0 aliphatic rings. The standard InChI is InChI=1S/C17H20N2O/c1-12-7-6-10-15(11-12)13(2)19-17(20)16(18)14-8-4-3-5-9-14/h3-11,13,16H,18H2,1-2H3,(H,19,20)/t13-,16?/m1/s1. The van der Waals surface area contributed by atoms with Gasteiger partial charge in [-0.05, 0) is 25.0 Å². The monoisotopic (exact) mass is 268 g/mol. The van der Waals surface area contributed by atoms with Gasteiger partial charge in [-0.25, -0.2) is 0 Å². The first-order chi connectivity index (χ1) is 9.58. The summed E-state index contributed by atoms with van der Waals surface area (Å²) >= 11 is 0. The Morgan fingerprint density at radius 3 is 2.35 bits per heavy atom. The van der Waals surface area contributed by atoms with Crippen molar-refractivity contribution < 1.29 is 4.79 Å². The molecule has 20 heavy (non-hydrogen) atoms. The third-order valence-corrected chi connectivity index (χ3v) is 3.34. The molecule has 0 heterocycles. The molecule has 3 N–H and O–H groups in total. The van der Waals surface area contributed by atoms with Crippen LogP contribution in [-0.2, 0) is 4.79 Å². The van der Waals surface area contributed by atoms with Crippen molar-refractivity contribution in [2.24, 2.45) is 5.73 Å². The van der Waals surface area contributed by atoms with E-state index in [1.165, 1.54) is 5.56 Å². The second-order valence-corrected chi connectivity index (χ2v) is 5.03. The number of rotatable bonds is 4. The quantitative estimate of drug-likeness (QED) is 0.896. The summed E-state index contributed by atoms with van der Waals surface area (Å²) in [6.07, 6.45) is 0. The van der Waals surface area contributed by atoms with Crippen LogP contribution in [0.2, 0.25) is 0 Å². The SMILES string of the molecule is Cc1cccc([C@@H](C)NC(=O)C(N)c2ccccc2)c1. The van der Waals surface area contributed by atoms with Crippen LogP contribution in [0.25, 0.3) is 0 Å². The Balaban J connectivity index is 2.04. The van der Waals surface area contributed by atoms with Gasteiger partial charge in [-0.15, -0.1) is 0 Å². The Labute approximate surface area is 119 Å². The van der Waals surface area contributed by atoms with Crippen molar-refractivity contribution >= 4 is 5.91 Å². The van der Waals surface area contributed by atoms with E-state index in [-0.39, 0.29) is 11.9 Å². The summed E-state index contributed by atoms with van der Waals surface area (Å²) in [5.41, 5.74) is 9.06. The number of carbonyl (C=O) groups is 1. The first kappa shape index (κ1) is 14.3. The summed E-state index contributed by atoms with van der Waals surface area (Å²) < 4.78 is 0. The molecule has 0 aliphatic heterocycles. The molecule has 0 radical (unpaired) electrons. The lowest BCUT2D eigenvalue weighted by atomic mass is 10.0. The number of carbonyl (C=O) groups excluding carboxylic acids is 1. The highest BCUT2D eigenvalue weighted by molar-refractivity contribution is 5.83. The van der Waals surface area contributed by atoms with Crippen molar-refractivity contribution in [3.05, 3.63) is 71.3 Å². The lowest BCUT2D eigenvalue weighted by Gasteiger charge is -2.18. The van der Waals surface area contributed by atoms with Gasteiger partial charge in [0.15, 0.2) is 0 Å². The fourth-order valence-electron chi connectivity index (χ4n) is 2.14. The predicted octanol–water partition coefficient (Wildman–Crippen LogP) is 2.87. The molecule has 0 bridgehead atoms. The second kappa shape index (κ2) is 6.35. The average Bonchev–Trinajstić information content (AvgIpc) is 2.47. The molecule has 0 saturated heterocycles. The number of benzene rings is 2. The molecule has 104 valence electrons. The lowest BCUT2D eigenvalue weighted by Crippen LogP contribution is -2.35. The summed E-state index contributed by atoms with van der Waals surface area (Å²) in [6, 6.07) is 16.8. The van der Waals surface area contributed by atoms with Crippen LogP contribution < -0.4 is 11.1 Å². The number of aryl methyl sites for hydroxylation is 1. The van der Waals surface area contributed by atoms with Gasteiger partial charge in [0.25, 0.3) is 0 Å². The summed E-state index contributed by atoms with van der Waals surface area (Å²) in [4.78, 5) is 12.2. The molecule has 3 nitrogen and oxygen atoms in total. The van der Waals surface area contributed by atoms with Crippen molar-refractivity contribution in [2.45, 2.75) is 25.9 Å². The first-order valence-electron chi connectivity index (χ1n) is 6.75. The van der Waals surface area contributed by atoms with Gasteiger partial charge in [0, 0.05) is 0 Å². The van der Waals surface area contributed by atoms with Crippen LogP contribution in [0.3, 0.4) is 0 Å². The molecule has 2 aromatic carbocycles. The molecule has 1 amide bonds. The largest absolute Gasteiger partial charge is 0.348 e. The van der Waals surface area contributed by atoms with Gasteiger partial charge in [-0.2, -0.15) is 0 Å². The van der Waals surface area contributed by atoms with Crippen LogP contribution >= 0.6 is 0 Å². The Hall–Kier alpha value is -2.13. The zero-order chi connectivity index (χ0) is 14.5.